The van der Waals surface area contributed by atoms with E-state index in [1.807, 2.05) is 0 Å². The maximum absolute atomic E-state index is 12.5. The molecule has 0 fully saturated rings. The fraction of sp³-hybridized carbons (Fsp3) is 0.250. The highest BCUT2D eigenvalue weighted by molar-refractivity contribution is 9.10. The second-order valence-electron chi connectivity index (χ2n) is 2.65. The van der Waals surface area contributed by atoms with E-state index in [2.05, 4.69) is 20.9 Å². The van der Waals surface area contributed by atoms with Crippen molar-refractivity contribution < 1.29 is 13.6 Å². The predicted octanol–water partition coefficient (Wildman–Crippen LogP) is 2.19. The lowest BCUT2D eigenvalue weighted by atomic mass is 10.1. The van der Waals surface area contributed by atoms with E-state index >= 15 is 0 Å². The highest BCUT2D eigenvalue weighted by Crippen LogP contribution is 2.31. The van der Waals surface area contributed by atoms with Crippen LogP contribution in [0.4, 0.5) is 8.78 Å². The highest BCUT2D eigenvalue weighted by atomic mass is 79.9. The van der Waals surface area contributed by atoms with Crippen LogP contribution in [0, 0.1) is 6.92 Å². The van der Waals surface area contributed by atoms with Crippen LogP contribution in [0.25, 0.3) is 0 Å². The molecule has 6 heteroatoms. The number of hydrogen-bond acceptors (Lipinski definition) is 2. The fourth-order valence-corrected chi connectivity index (χ4v) is 1.77. The van der Waals surface area contributed by atoms with Gasteiger partial charge in [-0.25, -0.2) is 8.78 Å². The Balaban J connectivity index is 3.41. The molecule has 1 aromatic rings. The van der Waals surface area contributed by atoms with E-state index in [4.69, 9.17) is 5.73 Å². The standard InChI is InChI=1S/C8H7BrF2N2O/c1-3-5(7(10)11)6(9)4(2-13-3)8(12)14/h2,7H,1H3,(H2,12,14). The number of primary amides is 1. The van der Waals surface area contributed by atoms with Crippen LogP contribution in [0.2, 0.25) is 0 Å². The summed E-state index contributed by atoms with van der Waals surface area (Å²) in [6.45, 7) is 1.44. The molecule has 14 heavy (non-hydrogen) atoms. The molecule has 0 unspecified atom stereocenters. The van der Waals surface area contributed by atoms with Gasteiger partial charge >= 0.3 is 0 Å². The second-order valence-corrected chi connectivity index (χ2v) is 3.44. The van der Waals surface area contributed by atoms with Crippen molar-refractivity contribution in [2.24, 2.45) is 5.73 Å². The zero-order chi connectivity index (χ0) is 10.9. The van der Waals surface area contributed by atoms with Crippen molar-refractivity contribution in [3.63, 3.8) is 0 Å². The first kappa shape index (κ1) is 11.0. The Hall–Kier alpha value is -1.04. The van der Waals surface area contributed by atoms with Gasteiger partial charge in [0.15, 0.2) is 0 Å². The molecule has 3 nitrogen and oxygen atoms in total. The number of amides is 1. The molecule has 0 aromatic carbocycles. The lowest BCUT2D eigenvalue weighted by Crippen LogP contribution is -2.14. The molecule has 0 radical (unpaired) electrons. The Morgan fingerprint density at radius 1 is 1.64 bits per heavy atom. The SMILES string of the molecule is Cc1ncc(C(N)=O)c(Br)c1C(F)F. The quantitative estimate of drug-likeness (QED) is 0.891. The Labute approximate surface area is 87.4 Å². The van der Waals surface area contributed by atoms with Crippen LogP contribution in [0.5, 0.6) is 0 Å². The largest absolute Gasteiger partial charge is 0.366 e. The van der Waals surface area contributed by atoms with Gasteiger partial charge < -0.3 is 5.73 Å². The third kappa shape index (κ3) is 1.89. The zero-order valence-corrected chi connectivity index (χ0v) is 8.81. The normalized spacial score (nSPS) is 10.6. The average Bonchev–Trinajstić information content (AvgIpc) is 2.02. The topological polar surface area (TPSA) is 56.0 Å². The molecule has 0 bridgehead atoms. The summed E-state index contributed by atoms with van der Waals surface area (Å²) in [7, 11) is 0. The van der Waals surface area contributed by atoms with Crippen LogP contribution >= 0.6 is 15.9 Å². The van der Waals surface area contributed by atoms with Crippen LogP contribution in [0.3, 0.4) is 0 Å². The third-order valence-electron chi connectivity index (χ3n) is 1.73. The maximum Gasteiger partial charge on any atom is 0.266 e. The maximum atomic E-state index is 12.5. The summed E-state index contributed by atoms with van der Waals surface area (Å²) in [4.78, 5) is 14.5. The number of aryl methyl sites for hydroxylation is 1. The predicted molar refractivity (Wildman–Crippen MR) is 50.1 cm³/mol. The van der Waals surface area contributed by atoms with Gasteiger partial charge in [0.1, 0.15) is 0 Å². The minimum atomic E-state index is -2.68. The van der Waals surface area contributed by atoms with Gasteiger partial charge in [0.05, 0.1) is 11.1 Å². The van der Waals surface area contributed by atoms with Crippen molar-refractivity contribution in [3.05, 3.63) is 27.5 Å². The molecule has 0 aliphatic carbocycles. The number of halogens is 3. The monoisotopic (exact) mass is 264 g/mol. The summed E-state index contributed by atoms with van der Waals surface area (Å²) >= 11 is 2.91. The molecule has 76 valence electrons. The molecule has 0 saturated heterocycles. The summed E-state index contributed by atoms with van der Waals surface area (Å²) in [6, 6.07) is 0. The first-order valence-electron chi connectivity index (χ1n) is 3.68. The van der Waals surface area contributed by atoms with Gasteiger partial charge in [0, 0.05) is 16.4 Å². The van der Waals surface area contributed by atoms with Crippen molar-refractivity contribution in [1.82, 2.24) is 4.98 Å². The summed E-state index contributed by atoms with van der Waals surface area (Å²) < 4.78 is 25.0. The van der Waals surface area contributed by atoms with E-state index in [-0.39, 0.29) is 21.3 Å². The van der Waals surface area contributed by atoms with Gasteiger partial charge in [-0.15, -0.1) is 0 Å². The van der Waals surface area contributed by atoms with Crippen LogP contribution in [-0.4, -0.2) is 10.9 Å². The number of alkyl halides is 2. The van der Waals surface area contributed by atoms with Crippen LogP contribution in [0.15, 0.2) is 10.7 Å². The van der Waals surface area contributed by atoms with E-state index < -0.39 is 12.3 Å². The van der Waals surface area contributed by atoms with Crippen molar-refractivity contribution >= 4 is 21.8 Å². The van der Waals surface area contributed by atoms with Gasteiger partial charge in [-0.2, -0.15) is 0 Å². The minimum absolute atomic E-state index is 0.0208. The average molecular weight is 265 g/mol. The van der Waals surface area contributed by atoms with E-state index in [0.29, 0.717) is 0 Å². The summed E-state index contributed by atoms with van der Waals surface area (Å²) in [6.07, 6.45) is -1.51. The molecule has 1 heterocycles. The Kier molecular flexibility index (Phi) is 3.15. The first-order valence-corrected chi connectivity index (χ1v) is 4.47. The summed E-state index contributed by atoms with van der Waals surface area (Å²) in [5.41, 5.74) is 4.83. The molecule has 0 aliphatic heterocycles. The van der Waals surface area contributed by atoms with E-state index in [9.17, 15) is 13.6 Å². The Bertz CT molecular complexity index is 382. The van der Waals surface area contributed by atoms with Crippen molar-refractivity contribution in [1.29, 1.82) is 0 Å². The first-order chi connectivity index (χ1) is 6.45. The third-order valence-corrected chi connectivity index (χ3v) is 2.59. The molecule has 0 aliphatic rings. The molecule has 1 aromatic heterocycles. The molecule has 0 saturated carbocycles. The minimum Gasteiger partial charge on any atom is -0.366 e. The number of nitrogens with zero attached hydrogens (tertiary/aromatic N) is 1. The van der Waals surface area contributed by atoms with E-state index in [1.54, 1.807) is 0 Å². The van der Waals surface area contributed by atoms with Crippen molar-refractivity contribution in [2.75, 3.05) is 0 Å². The molecular weight excluding hydrogens is 258 g/mol. The number of pyridine rings is 1. The number of nitrogens with two attached hydrogens (primary N) is 1. The number of hydrogen-bond donors (Lipinski definition) is 1. The smallest absolute Gasteiger partial charge is 0.266 e. The number of aromatic nitrogens is 1. The van der Waals surface area contributed by atoms with E-state index in [0.717, 1.165) is 0 Å². The zero-order valence-electron chi connectivity index (χ0n) is 7.22. The molecule has 2 N–H and O–H groups in total. The lowest BCUT2D eigenvalue weighted by Gasteiger charge is -2.08. The molecular formula is C8H7BrF2N2O. The molecule has 0 spiro atoms. The van der Waals surface area contributed by atoms with Gasteiger partial charge in [0.25, 0.3) is 12.3 Å². The van der Waals surface area contributed by atoms with Crippen molar-refractivity contribution in [3.8, 4) is 0 Å². The summed E-state index contributed by atoms with van der Waals surface area (Å²) in [5, 5.41) is 0. The lowest BCUT2D eigenvalue weighted by molar-refractivity contribution is 0.0998. The fourth-order valence-electron chi connectivity index (χ4n) is 1.02. The van der Waals surface area contributed by atoms with Gasteiger partial charge in [-0.1, -0.05) is 0 Å². The van der Waals surface area contributed by atoms with Gasteiger partial charge in [-0.05, 0) is 22.9 Å². The molecule has 0 atom stereocenters. The van der Waals surface area contributed by atoms with Crippen LogP contribution in [-0.2, 0) is 0 Å². The van der Waals surface area contributed by atoms with Crippen molar-refractivity contribution in [2.45, 2.75) is 13.3 Å². The van der Waals surface area contributed by atoms with Crippen LogP contribution in [0.1, 0.15) is 28.0 Å². The number of carbonyl (C=O) groups is 1. The second kappa shape index (κ2) is 4.00. The Morgan fingerprint density at radius 3 is 2.64 bits per heavy atom. The summed E-state index contributed by atoms with van der Waals surface area (Å²) in [5.74, 6) is -0.786. The number of carbonyl (C=O) groups excluding carboxylic acids is 1. The molecule has 1 amide bonds. The van der Waals surface area contributed by atoms with Gasteiger partial charge in [-0.3, -0.25) is 9.78 Å². The van der Waals surface area contributed by atoms with Crippen LogP contribution < -0.4 is 5.73 Å². The molecule has 1 rings (SSSR count). The number of rotatable bonds is 2. The Morgan fingerprint density at radius 2 is 2.21 bits per heavy atom. The highest BCUT2D eigenvalue weighted by Gasteiger charge is 2.20. The van der Waals surface area contributed by atoms with E-state index in [1.165, 1.54) is 13.1 Å². The van der Waals surface area contributed by atoms with Gasteiger partial charge in [0.2, 0.25) is 0 Å².